The van der Waals surface area contributed by atoms with Gasteiger partial charge in [0.15, 0.2) is 5.58 Å². The maximum Gasteiger partial charge on any atom is 0.490 e. The lowest BCUT2D eigenvalue weighted by atomic mass is 9.82. The average Bonchev–Trinajstić information content (AvgIpc) is 2.49. The van der Waals surface area contributed by atoms with Crippen molar-refractivity contribution in [3.63, 3.8) is 0 Å². The van der Waals surface area contributed by atoms with Crippen molar-refractivity contribution in [3.05, 3.63) is 24.6 Å². The Morgan fingerprint density at radius 3 is 3.00 bits per heavy atom. The topological polar surface area (TPSA) is 66.5 Å². The van der Waals surface area contributed by atoms with Gasteiger partial charge in [-0.1, -0.05) is 0 Å². The van der Waals surface area contributed by atoms with Gasteiger partial charge in [-0.3, -0.25) is 4.98 Å². The lowest BCUT2D eigenvalue weighted by Gasteiger charge is -1.96. The van der Waals surface area contributed by atoms with Crippen LogP contribution in [-0.2, 0) is 0 Å². The summed E-state index contributed by atoms with van der Waals surface area (Å²) in [4.78, 5) is 3.95. The second-order valence-corrected chi connectivity index (χ2v) is 2.45. The summed E-state index contributed by atoms with van der Waals surface area (Å²) in [5, 5.41) is 17.6. The van der Waals surface area contributed by atoms with Crippen LogP contribution in [0.4, 0.5) is 0 Å². The molecule has 0 atom stereocenters. The summed E-state index contributed by atoms with van der Waals surface area (Å²) in [5.74, 6) is 0. The van der Waals surface area contributed by atoms with E-state index >= 15 is 0 Å². The monoisotopic (exact) mass is 163 g/mol. The van der Waals surface area contributed by atoms with E-state index < -0.39 is 7.12 Å². The number of hydrogen-bond donors (Lipinski definition) is 2. The van der Waals surface area contributed by atoms with Crippen molar-refractivity contribution < 1.29 is 14.5 Å². The van der Waals surface area contributed by atoms with E-state index in [9.17, 15) is 0 Å². The van der Waals surface area contributed by atoms with Crippen molar-refractivity contribution in [1.82, 2.24) is 4.98 Å². The molecule has 2 heterocycles. The van der Waals surface area contributed by atoms with Gasteiger partial charge in [-0.2, -0.15) is 0 Å². The molecule has 0 saturated heterocycles. The fraction of sp³-hybridized carbons (Fsp3) is 0. The highest BCUT2D eigenvalue weighted by Crippen LogP contribution is 2.09. The van der Waals surface area contributed by atoms with Crippen molar-refractivity contribution in [1.29, 1.82) is 0 Å². The Morgan fingerprint density at radius 1 is 1.42 bits per heavy atom. The Morgan fingerprint density at radius 2 is 2.25 bits per heavy atom. The zero-order chi connectivity index (χ0) is 8.55. The van der Waals surface area contributed by atoms with Gasteiger partial charge < -0.3 is 14.5 Å². The number of aromatic nitrogens is 1. The Hall–Kier alpha value is -1.33. The maximum atomic E-state index is 8.79. The van der Waals surface area contributed by atoms with Crippen LogP contribution in [-0.4, -0.2) is 22.2 Å². The predicted octanol–water partition coefficient (Wildman–Crippen LogP) is -0.492. The number of nitrogens with zero attached hydrogens (tertiary/aromatic N) is 1. The molecule has 0 radical (unpaired) electrons. The van der Waals surface area contributed by atoms with E-state index in [1.54, 1.807) is 12.1 Å². The number of hydrogen-bond acceptors (Lipinski definition) is 4. The molecule has 60 valence electrons. The molecule has 2 aromatic rings. The van der Waals surface area contributed by atoms with Crippen molar-refractivity contribution in [2.75, 3.05) is 0 Å². The van der Waals surface area contributed by atoms with Crippen LogP contribution in [0.15, 0.2) is 29.0 Å². The lowest BCUT2D eigenvalue weighted by molar-refractivity contribution is 0.425. The Bertz CT molecular complexity index is 398. The van der Waals surface area contributed by atoms with Gasteiger partial charge in [0.2, 0.25) is 0 Å². The van der Waals surface area contributed by atoms with Gasteiger partial charge in [-0.05, 0) is 6.07 Å². The summed E-state index contributed by atoms with van der Waals surface area (Å²) < 4.78 is 5.02. The fourth-order valence-corrected chi connectivity index (χ4v) is 1.00. The second kappa shape index (κ2) is 2.62. The van der Waals surface area contributed by atoms with Gasteiger partial charge in [0.25, 0.3) is 0 Å². The first-order valence-electron chi connectivity index (χ1n) is 3.46. The van der Waals surface area contributed by atoms with E-state index in [4.69, 9.17) is 14.5 Å². The van der Waals surface area contributed by atoms with Gasteiger partial charge in [-0.15, -0.1) is 0 Å². The highest BCUT2D eigenvalue weighted by Gasteiger charge is 2.12. The van der Waals surface area contributed by atoms with Gasteiger partial charge in [-0.25, -0.2) is 0 Å². The molecule has 0 aliphatic rings. The summed E-state index contributed by atoms with van der Waals surface area (Å²) in [6.07, 6.45) is 2.91. The van der Waals surface area contributed by atoms with Crippen LogP contribution >= 0.6 is 0 Å². The molecule has 12 heavy (non-hydrogen) atoms. The third kappa shape index (κ3) is 1.09. The molecule has 0 fully saturated rings. The number of pyridine rings is 1. The van der Waals surface area contributed by atoms with Gasteiger partial charge >= 0.3 is 7.12 Å². The Balaban J connectivity index is 2.60. The summed E-state index contributed by atoms with van der Waals surface area (Å²) >= 11 is 0. The Labute approximate surface area is 68.6 Å². The van der Waals surface area contributed by atoms with Gasteiger partial charge in [0.05, 0.1) is 6.26 Å². The first kappa shape index (κ1) is 7.33. The predicted molar refractivity (Wildman–Crippen MR) is 43.8 cm³/mol. The molecule has 4 nitrogen and oxygen atoms in total. The molecule has 0 aliphatic carbocycles. The minimum absolute atomic E-state index is 0.331. The van der Waals surface area contributed by atoms with Crippen LogP contribution in [0, 0.1) is 0 Å². The van der Waals surface area contributed by atoms with Crippen molar-refractivity contribution in [2.45, 2.75) is 0 Å². The summed E-state index contributed by atoms with van der Waals surface area (Å²) in [7, 11) is -1.49. The van der Waals surface area contributed by atoms with Crippen molar-refractivity contribution in [3.8, 4) is 0 Å². The highest BCUT2D eigenvalue weighted by atomic mass is 16.4. The molecule has 2 N–H and O–H groups in total. The average molecular weight is 163 g/mol. The number of rotatable bonds is 1. The van der Waals surface area contributed by atoms with Crippen LogP contribution in [0.5, 0.6) is 0 Å². The molecule has 0 saturated carbocycles. The standard InChI is InChI=1S/C7H6BNO3/c10-8(11)5-3-7-6(9-4-5)1-2-12-7/h1-4,10-11H. The molecule has 0 unspecified atom stereocenters. The van der Waals surface area contributed by atoms with E-state index in [0.29, 0.717) is 16.6 Å². The zero-order valence-corrected chi connectivity index (χ0v) is 6.14. The van der Waals surface area contributed by atoms with Crippen LogP contribution < -0.4 is 5.46 Å². The van der Waals surface area contributed by atoms with Gasteiger partial charge in [0, 0.05) is 17.7 Å². The normalized spacial score (nSPS) is 10.5. The zero-order valence-electron chi connectivity index (χ0n) is 6.14. The van der Waals surface area contributed by atoms with E-state index in [1.165, 1.54) is 12.5 Å². The smallest absolute Gasteiger partial charge is 0.463 e. The summed E-state index contributed by atoms with van der Waals surface area (Å²) in [6, 6.07) is 3.26. The van der Waals surface area contributed by atoms with Crippen LogP contribution in [0.2, 0.25) is 0 Å². The molecule has 2 rings (SSSR count). The molecule has 2 aromatic heterocycles. The molecule has 0 spiro atoms. The van der Waals surface area contributed by atoms with E-state index in [1.807, 2.05) is 0 Å². The van der Waals surface area contributed by atoms with Gasteiger partial charge in [0.1, 0.15) is 5.52 Å². The largest absolute Gasteiger partial charge is 0.490 e. The van der Waals surface area contributed by atoms with Crippen molar-refractivity contribution >= 4 is 23.7 Å². The molecule has 0 aromatic carbocycles. The van der Waals surface area contributed by atoms with E-state index in [0.717, 1.165) is 0 Å². The molecule has 0 bridgehead atoms. The second-order valence-electron chi connectivity index (χ2n) is 2.45. The SMILES string of the molecule is OB(O)c1cnc2ccoc2c1. The minimum atomic E-state index is -1.49. The van der Waals surface area contributed by atoms with Crippen LogP contribution in [0.3, 0.4) is 0 Å². The molecular weight excluding hydrogens is 157 g/mol. The van der Waals surface area contributed by atoms with Crippen LogP contribution in [0.25, 0.3) is 11.1 Å². The third-order valence-corrected chi connectivity index (χ3v) is 1.62. The van der Waals surface area contributed by atoms with Crippen LogP contribution in [0.1, 0.15) is 0 Å². The fourth-order valence-electron chi connectivity index (χ4n) is 1.00. The first-order valence-corrected chi connectivity index (χ1v) is 3.46. The summed E-state index contributed by atoms with van der Waals surface area (Å²) in [6.45, 7) is 0. The molecule has 0 aliphatic heterocycles. The third-order valence-electron chi connectivity index (χ3n) is 1.62. The molecule has 5 heteroatoms. The maximum absolute atomic E-state index is 8.79. The summed E-state index contributed by atoms with van der Waals surface area (Å²) in [5.41, 5.74) is 1.59. The first-order chi connectivity index (χ1) is 5.77. The minimum Gasteiger partial charge on any atom is -0.463 e. The number of fused-ring (bicyclic) bond motifs is 1. The quantitative estimate of drug-likeness (QED) is 0.556. The lowest BCUT2D eigenvalue weighted by Crippen LogP contribution is -2.29. The number of furan rings is 1. The van der Waals surface area contributed by atoms with E-state index in [2.05, 4.69) is 4.98 Å². The van der Waals surface area contributed by atoms with Crippen molar-refractivity contribution in [2.24, 2.45) is 0 Å². The Kier molecular flexibility index (Phi) is 1.60. The highest BCUT2D eigenvalue weighted by molar-refractivity contribution is 6.58. The molecular formula is C7H6BNO3. The van der Waals surface area contributed by atoms with E-state index in [-0.39, 0.29) is 0 Å². The molecule has 0 amide bonds.